The molecular weight excluding hydrogens is 200 g/mol. The van der Waals surface area contributed by atoms with Gasteiger partial charge in [0.15, 0.2) is 0 Å². The van der Waals surface area contributed by atoms with Crippen molar-refractivity contribution in [2.45, 2.75) is 46.2 Å². The minimum atomic E-state index is 0.602. The van der Waals surface area contributed by atoms with Gasteiger partial charge in [-0.05, 0) is 54.8 Å². The topological polar surface area (TPSA) is 15.7 Å². The maximum Gasteiger partial charge on any atom is 0.0593 e. The van der Waals surface area contributed by atoms with Gasteiger partial charge < -0.3 is 9.64 Å². The molecule has 0 aliphatic carbocycles. The highest BCUT2D eigenvalue weighted by Crippen LogP contribution is 2.03. The van der Waals surface area contributed by atoms with Gasteiger partial charge in [0.2, 0.25) is 0 Å². The van der Waals surface area contributed by atoms with Crippen LogP contribution in [0.4, 0.5) is 0 Å². The third kappa shape index (κ3) is 8.08. The van der Waals surface area contributed by atoms with Crippen LogP contribution in [-0.2, 0) is 4.74 Å². The number of hydrogen-bond acceptors (Lipinski definition) is 3. The Bertz CT molecular complexity index is 150. The summed E-state index contributed by atoms with van der Waals surface area (Å²) in [5.74, 6) is 0. The van der Waals surface area contributed by atoms with Crippen molar-refractivity contribution < 1.29 is 4.74 Å². The molecule has 0 bridgehead atoms. The third-order valence-corrected chi connectivity index (χ3v) is 2.71. The van der Waals surface area contributed by atoms with E-state index in [4.69, 9.17) is 4.74 Å². The lowest BCUT2D eigenvalue weighted by Gasteiger charge is -2.30. The van der Waals surface area contributed by atoms with Gasteiger partial charge >= 0.3 is 0 Å². The Morgan fingerprint density at radius 1 is 0.875 bits per heavy atom. The second kappa shape index (κ2) is 8.97. The molecule has 0 spiro atoms. The number of rotatable bonds is 9. The Kier molecular flexibility index (Phi) is 8.90. The summed E-state index contributed by atoms with van der Waals surface area (Å²) in [5.41, 5.74) is 0. The molecule has 0 atom stereocenters. The average Bonchev–Trinajstić information content (AvgIpc) is 2.14. The minimum Gasteiger partial charge on any atom is -0.380 e. The fourth-order valence-electron chi connectivity index (χ4n) is 1.87. The first kappa shape index (κ1) is 15.9. The molecule has 0 saturated heterocycles. The summed E-state index contributed by atoms with van der Waals surface area (Å²) in [6, 6.07) is 1.20. The van der Waals surface area contributed by atoms with Crippen LogP contribution in [0, 0.1) is 0 Å². The molecule has 0 aromatic rings. The van der Waals surface area contributed by atoms with Crippen LogP contribution in [0.3, 0.4) is 0 Å². The van der Waals surface area contributed by atoms with Gasteiger partial charge in [0.1, 0.15) is 0 Å². The van der Waals surface area contributed by atoms with Gasteiger partial charge in [-0.3, -0.25) is 4.90 Å². The second-order valence-corrected chi connectivity index (χ2v) is 5.19. The zero-order valence-electron chi connectivity index (χ0n) is 12.0. The zero-order valence-corrected chi connectivity index (χ0v) is 12.0. The lowest BCUT2D eigenvalue weighted by molar-refractivity contribution is 0.0749. The number of hydrogen-bond donors (Lipinski definition) is 0. The minimum absolute atomic E-state index is 0.602. The van der Waals surface area contributed by atoms with Crippen molar-refractivity contribution in [2.75, 3.05) is 40.4 Å². The molecule has 0 aromatic heterocycles. The van der Waals surface area contributed by atoms with Crippen LogP contribution in [-0.4, -0.2) is 62.3 Å². The molecule has 3 nitrogen and oxygen atoms in total. The first-order valence-electron chi connectivity index (χ1n) is 6.43. The van der Waals surface area contributed by atoms with E-state index < -0.39 is 0 Å². The van der Waals surface area contributed by atoms with E-state index in [1.165, 1.54) is 0 Å². The zero-order chi connectivity index (χ0) is 12.6. The molecule has 0 aromatic carbocycles. The van der Waals surface area contributed by atoms with E-state index in [2.05, 4.69) is 51.6 Å². The maximum absolute atomic E-state index is 5.65. The molecular formula is C13H30N2O. The van der Waals surface area contributed by atoms with Crippen LogP contribution in [0.15, 0.2) is 0 Å². The smallest absolute Gasteiger partial charge is 0.0593 e. The standard InChI is InChI=1S/C13H30N2O/c1-12(2)15(13(3)4)9-11-16-10-7-8-14(5)6/h12-13H,7-11H2,1-6H3. The van der Waals surface area contributed by atoms with Crippen LogP contribution in [0.1, 0.15) is 34.1 Å². The van der Waals surface area contributed by atoms with Crippen molar-refractivity contribution in [3.63, 3.8) is 0 Å². The van der Waals surface area contributed by atoms with E-state index in [0.717, 1.165) is 32.7 Å². The summed E-state index contributed by atoms with van der Waals surface area (Å²) >= 11 is 0. The Labute approximate surface area is 102 Å². The molecule has 0 aliphatic rings. The lowest BCUT2D eigenvalue weighted by Crippen LogP contribution is -2.39. The highest BCUT2D eigenvalue weighted by atomic mass is 16.5. The summed E-state index contributed by atoms with van der Waals surface area (Å²) in [7, 11) is 4.19. The molecule has 16 heavy (non-hydrogen) atoms. The third-order valence-electron chi connectivity index (χ3n) is 2.71. The predicted octanol–water partition coefficient (Wildman–Crippen LogP) is 2.07. The Balaban J connectivity index is 3.48. The summed E-state index contributed by atoms with van der Waals surface area (Å²) in [6.45, 7) is 12.8. The summed E-state index contributed by atoms with van der Waals surface area (Å²) in [4.78, 5) is 4.66. The van der Waals surface area contributed by atoms with Crippen molar-refractivity contribution in [1.82, 2.24) is 9.80 Å². The van der Waals surface area contributed by atoms with Gasteiger partial charge in [-0.1, -0.05) is 0 Å². The van der Waals surface area contributed by atoms with E-state index in [9.17, 15) is 0 Å². The normalized spacial score (nSPS) is 12.4. The second-order valence-electron chi connectivity index (χ2n) is 5.19. The monoisotopic (exact) mass is 230 g/mol. The molecule has 98 valence electrons. The van der Waals surface area contributed by atoms with E-state index >= 15 is 0 Å². The van der Waals surface area contributed by atoms with Crippen molar-refractivity contribution in [3.8, 4) is 0 Å². The lowest BCUT2D eigenvalue weighted by atomic mass is 10.2. The summed E-state index contributed by atoms with van der Waals surface area (Å²) < 4.78 is 5.65. The first-order valence-corrected chi connectivity index (χ1v) is 6.43. The van der Waals surface area contributed by atoms with Gasteiger partial charge in [0, 0.05) is 25.2 Å². The van der Waals surface area contributed by atoms with Gasteiger partial charge in [-0.2, -0.15) is 0 Å². The number of ether oxygens (including phenoxy) is 1. The Hall–Kier alpha value is -0.120. The maximum atomic E-state index is 5.65. The fraction of sp³-hybridized carbons (Fsp3) is 1.00. The number of nitrogens with zero attached hydrogens (tertiary/aromatic N) is 2. The van der Waals surface area contributed by atoms with Gasteiger partial charge in [-0.15, -0.1) is 0 Å². The van der Waals surface area contributed by atoms with Crippen molar-refractivity contribution in [3.05, 3.63) is 0 Å². The molecule has 3 heteroatoms. The first-order chi connectivity index (χ1) is 7.45. The van der Waals surface area contributed by atoms with Crippen LogP contribution in [0.25, 0.3) is 0 Å². The largest absolute Gasteiger partial charge is 0.380 e. The molecule has 0 heterocycles. The molecule has 0 unspecified atom stereocenters. The summed E-state index contributed by atoms with van der Waals surface area (Å²) in [6.07, 6.45) is 1.12. The van der Waals surface area contributed by atoms with Gasteiger partial charge in [-0.25, -0.2) is 0 Å². The Morgan fingerprint density at radius 3 is 1.88 bits per heavy atom. The van der Waals surface area contributed by atoms with Gasteiger partial charge in [0.25, 0.3) is 0 Å². The molecule has 0 aliphatic heterocycles. The molecule has 0 saturated carbocycles. The van der Waals surface area contributed by atoms with Crippen LogP contribution in [0.5, 0.6) is 0 Å². The molecule has 0 rings (SSSR count). The fourth-order valence-corrected chi connectivity index (χ4v) is 1.87. The van der Waals surface area contributed by atoms with E-state index in [0.29, 0.717) is 12.1 Å². The molecule has 0 fully saturated rings. The van der Waals surface area contributed by atoms with Crippen molar-refractivity contribution >= 4 is 0 Å². The predicted molar refractivity (Wildman–Crippen MR) is 71.0 cm³/mol. The van der Waals surface area contributed by atoms with Crippen molar-refractivity contribution in [1.29, 1.82) is 0 Å². The highest BCUT2D eigenvalue weighted by molar-refractivity contribution is 4.66. The van der Waals surface area contributed by atoms with Crippen LogP contribution >= 0.6 is 0 Å². The summed E-state index contributed by atoms with van der Waals surface area (Å²) in [5, 5.41) is 0. The van der Waals surface area contributed by atoms with E-state index in [1.54, 1.807) is 0 Å². The van der Waals surface area contributed by atoms with E-state index in [1.807, 2.05) is 0 Å². The molecule has 0 N–H and O–H groups in total. The molecule has 0 radical (unpaired) electrons. The molecule has 0 amide bonds. The average molecular weight is 230 g/mol. The quantitative estimate of drug-likeness (QED) is 0.564. The van der Waals surface area contributed by atoms with Gasteiger partial charge in [0.05, 0.1) is 6.61 Å². The van der Waals surface area contributed by atoms with Crippen molar-refractivity contribution in [2.24, 2.45) is 0 Å². The SMILES string of the molecule is CC(C)N(CCOCCCN(C)C)C(C)C. The van der Waals surface area contributed by atoms with Crippen LogP contribution in [0.2, 0.25) is 0 Å². The highest BCUT2D eigenvalue weighted by Gasteiger charge is 2.12. The van der Waals surface area contributed by atoms with E-state index in [-0.39, 0.29) is 0 Å². The van der Waals surface area contributed by atoms with Crippen LogP contribution < -0.4 is 0 Å². The Morgan fingerprint density at radius 2 is 1.44 bits per heavy atom.